The van der Waals surface area contributed by atoms with E-state index in [0.717, 1.165) is 16.3 Å². The van der Waals surface area contributed by atoms with E-state index in [9.17, 15) is 9.90 Å². The SMILES string of the molecule is CC(C)(C)OC(=O)[C@H](CCO)c1ccc2ccccc2c1. The molecule has 112 valence electrons. The highest BCUT2D eigenvalue weighted by Gasteiger charge is 2.26. The van der Waals surface area contributed by atoms with E-state index in [2.05, 4.69) is 0 Å². The maximum absolute atomic E-state index is 12.4. The van der Waals surface area contributed by atoms with Gasteiger partial charge in [-0.1, -0.05) is 42.5 Å². The Morgan fingerprint density at radius 2 is 1.81 bits per heavy atom. The first-order valence-corrected chi connectivity index (χ1v) is 7.23. The van der Waals surface area contributed by atoms with E-state index in [0.29, 0.717) is 6.42 Å². The third-order valence-electron chi connectivity index (χ3n) is 3.28. The van der Waals surface area contributed by atoms with Gasteiger partial charge in [-0.05, 0) is 43.5 Å². The molecule has 21 heavy (non-hydrogen) atoms. The van der Waals surface area contributed by atoms with Crippen molar-refractivity contribution in [3.8, 4) is 0 Å². The summed E-state index contributed by atoms with van der Waals surface area (Å²) in [6.07, 6.45) is 0.368. The number of carbonyl (C=O) groups is 1. The van der Waals surface area contributed by atoms with Crippen LogP contribution in [-0.2, 0) is 9.53 Å². The smallest absolute Gasteiger partial charge is 0.314 e. The molecule has 0 amide bonds. The zero-order chi connectivity index (χ0) is 15.5. The molecule has 0 aliphatic rings. The largest absolute Gasteiger partial charge is 0.459 e. The first-order chi connectivity index (χ1) is 9.90. The van der Waals surface area contributed by atoms with E-state index in [1.165, 1.54) is 0 Å². The Morgan fingerprint density at radius 1 is 1.14 bits per heavy atom. The number of hydrogen-bond acceptors (Lipinski definition) is 3. The third-order valence-corrected chi connectivity index (χ3v) is 3.28. The lowest BCUT2D eigenvalue weighted by Gasteiger charge is -2.24. The minimum absolute atomic E-state index is 0.0449. The fraction of sp³-hybridized carbons (Fsp3) is 0.389. The number of aliphatic hydroxyl groups is 1. The monoisotopic (exact) mass is 286 g/mol. The molecule has 0 spiro atoms. The maximum atomic E-state index is 12.4. The molecular weight excluding hydrogens is 264 g/mol. The molecule has 0 radical (unpaired) electrons. The second kappa shape index (κ2) is 6.27. The Kier molecular flexibility index (Phi) is 4.63. The van der Waals surface area contributed by atoms with Crippen LogP contribution in [0.25, 0.3) is 10.8 Å². The number of benzene rings is 2. The standard InChI is InChI=1S/C18H22O3/c1-18(2,3)21-17(20)16(10-11-19)15-9-8-13-6-4-5-7-14(13)12-15/h4-9,12,16,19H,10-11H2,1-3H3/t16-/m1/s1. The van der Waals surface area contributed by atoms with Crippen LogP contribution in [0.15, 0.2) is 42.5 Å². The topological polar surface area (TPSA) is 46.5 Å². The highest BCUT2D eigenvalue weighted by Crippen LogP contribution is 2.27. The zero-order valence-electron chi connectivity index (χ0n) is 12.8. The quantitative estimate of drug-likeness (QED) is 0.873. The fourth-order valence-electron chi connectivity index (χ4n) is 2.35. The van der Waals surface area contributed by atoms with Crippen molar-refractivity contribution in [1.29, 1.82) is 0 Å². The Bertz CT molecular complexity index is 626. The molecule has 3 nitrogen and oxygen atoms in total. The number of hydrogen-bond donors (Lipinski definition) is 1. The highest BCUT2D eigenvalue weighted by atomic mass is 16.6. The van der Waals surface area contributed by atoms with Gasteiger partial charge in [0.1, 0.15) is 5.60 Å². The fourth-order valence-corrected chi connectivity index (χ4v) is 2.35. The van der Waals surface area contributed by atoms with Crippen LogP contribution in [0.4, 0.5) is 0 Å². The molecule has 0 aliphatic heterocycles. The number of esters is 1. The van der Waals surface area contributed by atoms with Crippen molar-refractivity contribution in [2.45, 2.75) is 38.7 Å². The summed E-state index contributed by atoms with van der Waals surface area (Å²) in [6, 6.07) is 13.9. The molecule has 0 saturated carbocycles. The predicted molar refractivity (Wildman–Crippen MR) is 84.2 cm³/mol. The molecule has 2 aromatic rings. The van der Waals surface area contributed by atoms with Crippen LogP contribution in [0.5, 0.6) is 0 Å². The first-order valence-electron chi connectivity index (χ1n) is 7.23. The molecule has 1 atom stereocenters. The van der Waals surface area contributed by atoms with Crippen LogP contribution in [0.2, 0.25) is 0 Å². The average molecular weight is 286 g/mol. The lowest BCUT2D eigenvalue weighted by Crippen LogP contribution is -2.28. The molecule has 2 aromatic carbocycles. The molecule has 0 fully saturated rings. The number of ether oxygens (including phenoxy) is 1. The average Bonchev–Trinajstić information content (AvgIpc) is 2.42. The van der Waals surface area contributed by atoms with Gasteiger partial charge in [-0.3, -0.25) is 4.79 Å². The summed E-state index contributed by atoms with van der Waals surface area (Å²) in [5, 5.41) is 11.5. The second-order valence-electron chi connectivity index (χ2n) is 6.20. The summed E-state index contributed by atoms with van der Waals surface area (Å²) < 4.78 is 5.47. The molecule has 1 N–H and O–H groups in total. The summed E-state index contributed by atoms with van der Waals surface area (Å²) >= 11 is 0. The third kappa shape index (κ3) is 4.05. The highest BCUT2D eigenvalue weighted by molar-refractivity contribution is 5.86. The molecule has 0 saturated heterocycles. The van der Waals surface area contributed by atoms with Gasteiger partial charge in [-0.15, -0.1) is 0 Å². The van der Waals surface area contributed by atoms with Gasteiger partial charge in [0.25, 0.3) is 0 Å². The van der Waals surface area contributed by atoms with E-state index < -0.39 is 11.5 Å². The molecule has 0 bridgehead atoms. The molecular formula is C18H22O3. The normalized spacial score (nSPS) is 13.1. The number of fused-ring (bicyclic) bond motifs is 1. The van der Waals surface area contributed by atoms with Crippen molar-refractivity contribution in [1.82, 2.24) is 0 Å². The predicted octanol–water partition coefficient (Wildman–Crippen LogP) is 3.65. The molecule has 0 heterocycles. The van der Waals surface area contributed by atoms with Crippen LogP contribution in [0.3, 0.4) is 0 Å². The molecule has 0 unspecified atom stereocenters. The van der Waals surface area contributed by atoms with Crippen LogP contribution in [-0.4, -0.2) is 23.3 Å². The Labute approximate surface area is 125 Å². The summed E-state index contributed by atoms with van der Waals surface area (Å²) in [7, 11) is 0. The van der Waals surface area contributed by atoms with Gasteiger partial charge in [0, 0.05) is 6.61 Å². The van der Waals surface area contributed by atoms with Crippen molar-refractivity contribution in [3.05, 3.63) is 48.0 Å². The van der Waals surface area contributed by atoms with Gasteiger partial charge in [-0.2, -0.15) is 0 Å². The molecule has 0 aliphatic carbocycles. The minimum atomic E-state index is -0.526. The van der Waals surface area contributed by atoms with Crippen molar-refractivity contribution in [3.63, 3.8) is 0 Å². The van der Waals surface area contributed by atoms with Gasteiger partial charge < -0.3 is 9.84 Å². The van der Waals surface area contributed by atoms with E-state index >= 15 is 0 Å². The van der Waals surface area contributed by atoms with Gasteiger partial charge in [0.05, 0.1) is 5.92 Å². The van der Waals surface area contributed by atoms with Gasteiger partial charge in [0.2, 0.25) is 0 Å². The summed E-state index contributed by atoms with van der Waals surface area (Å²) in [4.78, 5) is 12.4. The van der Waals surface area contributed by atoms with Crippen LogP contribution < -0.4 is 0 Å². The van der Waals surface area contributed by atoms with Gasteiger partial charge in [0.15, 0.2) is 0 Å². The Morgan fingerprint density at radius 3 is 2.43 bits per heavy atom. The van der Waals surface area contributed by atoms with Crippen LogP contribution >= 0.6 is 0 Å². The summed E-state index contributed by atoms with van der Waals surface area (Å²) in [6.45, 7) is 5.50. The van der Waals surface area contributed by atoms with Crippen molar-refractivity contribution < 1.29 is 14.6 Å². The Balaban J connectivity index is 2.33. The molecule has 3 heteroatoms. The number of rotatable bonds is 4. The van der Waals surface area contributed by atoms with Gasteiger partial charge in [-0.25, -0.2) is 0 Å². The number of aliphatic hydroxyl groups excluding tert-OH is 1. The van der Waals surface area contributed by atoms with E-state index in [4.69, 9.17) is 4.74 Å². The maximum Gasteiger partial charge on any atom is 0.314 e. The van der Waals surface area contributed by atoms with E-state index in [1.807, 2.05) is 63.2 Å². The first kappa shape index (κ1) is 15.5. The van der Waals surface area contributed by atoms with Gasteiger partial charge >= 0.3 is 5.97 Å². The number of carbonyl (C=O) groups excluding carboxylic acids is 1. The Hall–Kier alpha value is -1.87. The summed E-state index contributed by atoms with van der Waals surface area (Å²) in [5.41, 5.74) is 0.360. The van der Waals surface area contributed by atoms with Crippen molar-refractivity contribution >= 4 is 16.7 Å². The zero-order valence-corrected chi connectivity index (χ0v) is 12.8. The van der Waals surface area contributed by atoms with Crippen molar-refractivity contribution in [2.75, 3.05) is 6.61 Å². The van der Waals surface area contributed by atoms with Crippen LogP contribution in [0, 0.1) is 0 Å². The van der Waals surface area contributed by atoms with E-state index in [1.54, 1.807) is 0 Å². The molecule has 0 aromatic heterocycles. The molecule has 2 rings (SSSR count). The minimum Gasteiger partial charge on any atom is -0.459 e. The second-order valence-corrected chi connectivity index (χ2v) is 6.20. The van der Waals surface area contributed by atoms with Crippen molar-refractivity contribution in [2.24, 2.45) is 0 Å². The van der Waals surface area contributed by atoms with Crippen LogP contribution in [0.1, 0.15) is 38.7 Å². The summed E-state index contributed by atoms with van der Waals surface area (Å²) in [5.74, 6) is -0.717. The lowest BCUT2D eigenvalue weighted by molar-refractivity contribution is -0.157. The van der Waals surface area contributed by atoms with E-state index in [-0.39, 0.29) is 12.6 Å². The lowest BCUT2D eigenvalue weighted by atomic mass is 9.93.